The summed E-state index contributed by atoms with van der Waals surface area (Å²) in [5, 5.41) is 0. The fourth-order valence-electron chi connectivity index (χ4n) is 2.57. The molecule has 0 aliphatic heterocycles. The summed E-state index contributed by atoms with van der Waals surface area (Å²) < 4.78 is 38.3. The highest BCUT2D eigenvalue weighted by Gasteiger charge is 2.30. The maximum atomic E-state index is 12.8. The van der Waals surface area contributed by atoms with E-state index < -0.39 is 11.7 Å². The molecule has 0 saturated carbocycles. The van der Waals surface area contributed by atoms with Gasteiger partial charge in [-0.25, -0.2) is 0 Å². The molecule has 3 nitrogen and oxygen atoms in total. The van der Waals surface area contributed by atoms with E-state index in [1.165, 1.54) is 12.1 Å². The number of alkyl halides is 3. The van der Waals surface area contributed by atoms with Crippen LogP contribution in [0.4, 0.5) is 13.2 Å². The summed E-state index contributed by atoms with van der Waals surface area (Å²) >= 11 is 0. The molecule has 134 valence electrons. The van der Waals surface area contributed by atoms with Crippen molar-refractivity contribution >= 4 is 5.91 Å². The van der Waals surface area contributed by atoms with Crippen molar-refractivity contribution in [2.75, 3.05) is 19.6 Å². The number of halogens is 3. The molecular formula is C19H21F3N2O. The molecule has 1 amide bonds. The number of benzene rings is 2. The normalized spacial score (nSPS) is 11.4. The average molecular weight is 350 g/mol. The first-order valence-corrected chi connectivity index (χ1v) is 8.08. The molecule has 2 N–H and O–H groups in total. The summed E-state index contributed by atoms with van der Waals surface area (Å²) in [4.78, 5) is 14.1. The highest BCUT2D eigenvalue weighted by Crippen LogP contribution is 2.29. The van der Waals surface area contributed by atoms with Crippen LogP contribution in [0.15, 0.2) is 54.6 Å². The summed E-state index contributed by atoms with van der Waals surface area (Å²) in [5.74, 6) is -0.222. The third-order valence-electron chi connectivity index (χ3n) is 3.87. The zero-order valence-electron chi connectivity index (χ0n) is 13.8. The number of rotatable bonds is 7. The summed E-state index contributed by atoms with van der Waals surface area (Å²) in [5.41, 5.74) is 6.27. The largest absolute Gasteiger partial charge is 0.416 e. The molecular weight excluding hydrogens is 329 g/mol. The zero-order valence-corrected chi connectivity index (χ0v) is 13.8. The average Bonchev–Trinajstić information content (AvgIpc) is 2.59. The molecule has 0 aromatic heterocycles. The van der Waals surface area contributed by atoms with Crippen molar-refractivity contribution in [3.05, 3.63) is 71.3 Å². The van der Waals surface area contributed by atoms with Crippen molar-refractivity contribution in [2.24, 2.45) is 5.73 Å². The number of hydrogen-bond acceptors (Lipinski definition) is 2. The number of nitrogens with zero attached hydrogens (tertiary/aromatic N) is 1. The second-order valence-corrected chi connectivity index (χ2v) is 5.78. The van der Waals surface area contributed by atoms with Gasteiger partial charge in [0.2, 0.25) is 5.91 Å². The Morgan fingerprint density at radius 3 is 2.28 bits per heavy atom. The van der Waals surface area contributed by atoms with Crippen molar-refractivity contribution < 1.29 is 18.0 Å². The van der Waals surface area contributed by atoms with Gasteiger partial charge in [-0.15, -0.1) is 0 Å². The van der Waals surface area contributed by atoms with E-state index in [-0.39, 0.29) is 12.3 Å². The number of carbonyl (C=O) groups is 1. The molecule has 0 fully saturated rings. The minimum atomic E-state index is -4.41. The van der Waals surface area contributed by atoms with E-state index in [4.69, 9.17) is 5.73 Å². The standard InChI is InChI=1S/C19H21F3N2O/c20-19(21,22)17-8-4-7-16(13-17)14-18(25)24(12-10-23)11-9-15-5-2-1-3-6-15/h1-8,13H,9-12,14,23H2. The Hall–Kier alpha value is -2.34. The Morgan fingerprint density at radius 2 is 1.64 bits per heavy atom. The van der Waals surface area contributed by atoms with Gasteiger partial charge in [-0.1, -0.05) is 48.5 Å². The third-order valence-corrected chi connectivity index (χ3v) is 3.87. The third kappa shape index (κ3) is 5.90. The van der Waals surface area contributed by atoms with Gasteiger partial charge in [0, 0.05) is 19.6 Å². The molecule has 0 bridgehead atoms. The minimum absolute atomic E-state index is 0.0707. The van der Waals surface area contributed by atoms with Crippen molar-refractivity contribution in [2.45, 2.75) is 19.0 Å². The quantitative estimate of drug-likeness (QED) is 0.833. The highest BCUT2D eigenvalue weighted by atomic mass is 19.4. The van der Waals surface area contributed by atoms with Crippen LogP contribution in [-0.2, 0) is 23.8 Å². The lowest BCUT2D eigenvalue weighted by Crippen LogP contribution is -2.37. The van der Waals surface area contributed by atoms with Crippen LogP contribution in [0.2, 0.25) is 0 Å². The van der Waals surface area contributed by atoms with E-state index in [2.05, 4.69) is 0 Å². The maximum absolute atomic E-state index is 12.8. The van der Waals surface area contributed by atoms with Gasteiger partial charge in [0.05, 0.1) is 12.0 Å². The van der Waals surface area contributed by atoms with Gasteiger partial charge in [-0.2, -0.15) is 13.2 Å². The Bertz CT molecular complexity index is 687. The molecule has 2 aromatic rings. The maximum Gasteiger partial charge on any atom is 0.416 e. The van der Waals surface area contributed by atoms with Crippen molar-refractivity contribution in [3.8, 4) is 0 Å². The van der Waals surface area contributed by atoms with E-state index in [0.717, 1.165) is 17.7 Å². The van der Waals surface area contributed by atoms with Crippen LogP contribution in [0, 0.1) is 0 Å². The van der Waals surface area contributed by atoms with Crippen LogP contribution in [0.25, 0.3) is 0 Å². The second kappa shape index (κ2) is 8.67. The van der Waals surface area contributed by atoms with Crippen LogP contribution in [-0.4, -0.2) is 30.4 Å². The monoisotopic (exact) mass is 350 g/mol. The van der Waals surface area contributed by atoms with Crippen LogP contribution in [0.1, 0.15) is 16.7 Å². The highest BCUT2D eigenvalue weighted by molar-refractivity contribution is 5.78. The number of carbonyl (C=O) groups excluding carboxylic acids is 1. The molecule has 25 heavy (non-hydrogen) atoms. The lowest BCUT2D eigenvalue weighted by Gasteiger charge is -2.22. The van der Waals surface area contributed by atoms with Crippen LogP contribution >= 0.6 is 0 Å². The summed E-state index contributed by atoms with van der Waals surface area (Å²) in [6.07, 6.45) is -3.81. The zero-order chi connectivity index (χ0) is 18.3. The first-order chi connectivity index (χ1) is 11.9. The molecule has 0 radical (unpaired) electrons. The van der Waals surface area contributed by atoms with Crippen molar-refractivity contribution in [3.63, 3.8) is 0 Å². The van der Waals surface area contributed by atoms with E-state index in [9.17, 15) is 18.0 Å². The van der Waals surface area contributed by atoms with Crippen LogP contribution in [0.5, 0.6) is 0 Å². The van der Waals surface area contributed by atoms with Gasteiger partial charge >= 0.3 is 6.18 Å². The lowest BCUT2D eigenvalue weighted by molar-refractivity contribution is -0.138. The Morgan fingerprint density at radius 1 is 0.960 bits per heavy atom. The van der Waals surface area contributed by atoms with Gasteiger partial charge in [-0.05, 0) is 23.6 Å². The predicted octanol–water partition coefficient (Wildman–Crippen LogP) is 3.28. The molecule has 2 aromatic carbocycles. The summed E-state index contributed by atoms with van der Waals surface area (Å²) in [6.45, 7) is 1.17. The molecule has 0 spiro atoms. The van der Waals surface area contributed by atoms with E-state index >= 15 is 0 Å². The molecule has 0 atom stereocenters. The Balaban J connectivity index is 2.02. The molecule has 0 aliphatic rings. The number of nitrogens with two attached hydrogens (primary N) is 1. The summed E-state index contributed by atoms with van der Waals surface area (Å²) in [6, 6.07) is 14.6. The van der Waals surface area contributed by atoms with Gasteiger partial charge in [0.15, 0.2) is 0 Å². The minimum Gasteiger partial charge on any atom is -0.341 e. The van der Waals surface area contributed by atoms with Crippen molar-refractivity contribution in [1.29, 1.82) is 0 Å². The van der Waals surface area contributed by atoms with Crippen LogP contribution in [0.3, 0.4) is 0 Å². The molecule has 0 unspecified atom stereocenters. The molecule has 6 heteroatoms. The van der Waals surface area contributed by atoms with Crippen LogP contribution < -0.4 is 5.73 Å². The van der Waals surface area contributed by atoms with Gasteiger partial charge in [0.1, 0.15) is 0 Å². The Kier molecular flexibility index (Phi) is 6.58. The fourth-order valence-corrected chi connectivity index (χ4v) is 2.57. The number of hydrogen-bond donors (Lipinski definition) is 1. The topological polar surface area (TPSA) is 46.3 Å². The number of amides is 1. The van der Waals surface area contributed by atoms with Gasteiger partial charge < -0.3 is 10.6 Å². The SMILES string of the molecule is NCCN(CCc1ccccc1)C(=O)Cc1cccc(C(F)(F)F)c1. The summed E-state index contributed by atoms with van der Waals surface area (Å²) in [7, 11) is 0. The smallest absolute Gasteiger partial charge is 0.341 e. The first kappa shape index (κ1) is 19.0. The fraction of sp³-hybridized carbons (Fsp3) is 0.316. The second-order valence-electron chi connectivity index (χ2n) is 5.78. The first-order valence-electron chi connectivity index (χ1n) is 8.08. The van der Waals surface area contributed by atoms with E-state index in [1.54, 1.807) is 4.90 Å². The Labute approximate surface area is 145 Å². The molecule has 0 aliphatic carbocycles. The van der Waals surface area contributed by atoms with E-state index in [1.807, 2.05) is 30.3 Å². The molecule has 0 heterocycles. The van der Waals surface area contributed by atoms with Gasteiger partial charge in [-0.3, -0.25) is 4.79 Å². The molecule has 0 saturated heterocycles. The molecule has 2 rings (SSSR count). The van der Waals surface area contributed by atoms with Gasteiger partial charge in [0.25, 0.3) is 0 Å². The van der Waals surface area contributed by atoms with E-state index in [0.29, 0.717) is 31.6 Å². The predicted molar refractivity (Wildman–Crippen MR) is 90.9 cm³/mol. The van der Waals surface area contributed by atoms with Crippen molar-refractivity contribution in [1.82, 2.24) is 4.90 Å². The lowest BCUT2D eigenvalue weighted by atomic mass is 10.1.